The third-order valence-corrected chi connectivity index (χ3v) is 5.92. The molecule has 0 radical (unpaired) electrons. The number of ether oxygens (including phenoxy) is 2. The number of rotatable bonds is 11. The van der Waals surface area contributed by atoms with Gasteiger partial charge < -0.3 is 25.0 Å². The van der Waals surface area contributed by atoms with Gasteiger partial charge >= 0.3 is 0 Å². The van der Waals surface area contributed by atoms with Gasteiger partial charge in [-0.1, -0.05) is 13.8 Å². The maximum atomic E-state index is 12.2. The van der Waals surface area contributed by atoms with Crippen LogP contribution in [0.4, 0.5) is 0 Å². The quantitative estimate of drug-likeness (QED) is 0.516. The first-order valence-electron chi connectivity index (χ1n) is 11.0. The molecule has 7 heteroatoms. The van der Waals surface area contributed by atoms with E-state index >= 15 is 0 Å². The summed E-state index contributed by atoms with van der Waals surface area (Å²) in [7, 11) is 0. The predicted molar refractivity (Wildman–Crippen MR) is 109 cm³/mol. The van der Waals surface area contributed by atoms with Gasteiger partial charge in [-0.2, -0.15) is 0 Å². The summed E-state index contributed by atoms with van der Waals surface area (Å²) in [6.45, 7) is 10.6. The van der Waals surface area contributed by atoms with E-state index in [4.69, 9.17) is 9.47 Å². The number of amides is 2. The summed E-state index contributed by atoms with van der Waals surface area (Å²) in [5.41, 5.74) is 0. The average molecular weight is 398 g/mol. The standard InChI is InChI=1S/C21H39N3O4/c1-17(2)18-5-11-24(12-6-18)20(25)7-13-27-15-16-28-14-10-23-21(26)19-3-8-22-9-4-19/h17-19,22H,3-16H2,1-2H3,(H,23,26). The molecular formula is C21H39N3O4. The van der Waals surface area contributed by atoms with E-state index in [2.05, 4.69) is 24.5 Å². The van der Waals surface area contributed by atoms with Gasteiger partial charge in [0.05, 0.1) is 32.8 Å². The van der Waals surface area contributed by atoms with Crippen LogP contribution >= 0.6 is 0 Å². The zero-order valence-corrected chi connectivity index (χ0v) is 17.7. The number of nitrogens with one attached hydrogen (secondary N) is 2. The zero-order valence-electron chi connectivity index (χ0n) is 17.7. The van der Waals surface area contributed by atoms with Crippen LogP contribution in [0.25, 0.3) is 0 Å². The third-order valence-electron chi connectivity index (χ3n) is 5.92. The number of carbonyl (C=O) groups excluding carboxylic acids is 2. The van der Waals surface area contributed by atoms with Crippen molar-refractivity contribution in [1.82, 2.24) is 15.5 Å². The minimum absolute atomic E-state index is 0.136. The number of carbonyl (C=O) groups is 2. The molecule has 2 aliphatic heterocycles. The van der Waals surface area contributed by atoms with E-state index in [9.17, 15) is 9.59 Å². The van der Waals surface area contributed by atoms with Crippen LogP contribution in [-0.2, 0) is 19.1 Å². The molecule has 2 rings (SSSR count). The lowest BCUT2D eigenvalue weighted by atomic mass is 9.86. The SMILES string of the molecule is CC(C)C1CCN(C(=O)CCOCCOCCNC(=O)C2CCNCC2)CC1. The second kappa shape index (κ2) is 13.1. The van der Waals surface area contributed by atoms with Gasteiger partial charge in [0.2, 0.25) is 11.8 Å². The maximum Gasteiger partial charge on any atom is 0.224 e. The molecule has 2 N–H and O–H groups in total. The van der Waals surface area contributed by atoms with E-state index in [0.717, 1.165) is 57.8 Å². The molecule has 0 aromatic rings. The molecule has 0 spiro atoms. The summed E-state index contributed by atoms with van der Waals surface area (Å²) < 4.78 is 11.0. The Kier molecular flexibility index (Phi) is 10.8. The Morgan fingerprint density at radius 3 is 2.29 bits per heavy atom. The van der Waals surface area contributed by atoms with Crippen molar-refractivity contribution in [2.75, 3.05) is 59.2 Å². The smallest absolute Gasteiger partial charge is 0.224 e. The Balaban J connectivity index is 1.39. The van der Waals surface area contributed by atoms with Crippen molar-refractivity contribution >= 4 is 11.8 Å². The van der Waals surface area contributed by atoms with Crippen LogP contribution < -0.4 is 10.6 Å². The molecule has 0 aromatic heterocycles. The lowest BCUT2D eigenvalue weighted by Crippen LogP contribution is -2.39. The monoisotopic (exact) mass is 397 g/mol. The normalized spacial score (nSPS) is 19.2. The summed E-state index contributed by atoms with van der Waals surface area (Å²) in [4.78, 5) is 26.2. The van der Waals surface area contributed by atoms with Crippen LogP contribution in [0.3, 0.4) is 0 Å². The van der Waals surface area contributed by atoms with Crippen molar-refractivity contribution in [3.05, 3.63) is 0 Å². The van der Waals surface area contributed by atoms with Crippen LogP contribution in [0.1, 0.15) is 46.0 Å². The molecule has 162 valence electrons. The molecule has 0 aliphatic carbocycles. The first-order valence-corrected chi connectivity index (χ1v) is 11.0. The van der Waals surface area contributed by atoms with Crippen LogP contribution in [-0.4, -0.2) is 75.9 Å². The number of nitrogens with zero attached hydrogens (tertiary/aromatic N) is 1. The zero-order chi connectivity index (χ0) is 20.2. The van der Waals surface area contributed by atoms with Crippen molar-refractivity contribution in [3.63, 3.8) is 0 Å². The largest absolute Gasteiger partial charge is 0.379 e. The summed E-state index contributed by atoms with van der Waals surface area (Å²) in [5.74, 6) is 1.93. The second-order valence-corrected chi connectivity index (χ2v) is 8.25. The van der Waals surface area contributed by atoms with E-state index in [1.165, 1.54) is 0 Å². The Morgan fingerprint density at radius 2 is 1.64 bits per heavy atom. The highest BCUT2D eigenvalue weighted by Crippen LogP contribution is 2.24. The molecule has 0 unspecified atom stereocenters. The number of piperidine rings is 2. The van der Waals surface area contributed by atoms with Gasteiger partial charge in [0.15, 0.2) is 0 Å². The van der Waals surface area contributed by atoms with Crippen LogP contribution in [0.5, 0.6) is 0 Å². The molecule has 0 bridgehead atoms. The molecular weight excluding hydrogens is 358 g/mol. The van der Waals surface area contributed by atoms with Gasteiger partial charge in [0, 0.05) is 25.6 Å². The second-order valence-electron chi connectivity index (χ2n) is 8.25. The third kappa shape index (κ3) is 8.45. The molecule has 2 aliphatic rings. The van der Waals surface area contributed by atoms with Crippen LogP contribution in [0, 0.1) is 17.8 Å². The van der Waals surface area contributed by atoms with E-state index in [-0.39, 0.29) is 17.7 Å². The molecule has 2 fully saturated rings. The van der Waals surface area contributed by atoms with Crippen LogP contribution in [0.15, 0.2) is 0 Å². The van der Waals surface area contributed by atoms with Gasteiger partial charge in [-0.05, 0) is 50.6 Å². The molecule has 2 amide bonds. The minimum Gasteiger partial charge on any atom is -0.379 e. The highest BCUT2D eigenvalue weighted by atomic mass is 16.5. The Hall–Kier alpha value is -1.18. The fourth-order valence-electron chi connectivity index (χ4n) is 3.93. The van der Waals surface area contributed by atoms with Crippen molar-refractivity contribution in [3.8, 4) is 0 Å². The summed E-state index contributed by atoms with van der Waals surface area (Å²) in [6.07, 6.45) is 4.50. The fourth-order valence-corrected chi connectivity index (χ4v) is 3.93. The topological polar surface area (TPSA) is 79.9 Å². The number of hydrogen-bond acceptors (Lipinski definition) is 5. The Morgan fingerprint density at radius 1 is 1.00 bits per heavy atom. The molecule has 7 nitrogen and oxygen atoms in total. The molecule has 0 saturated carbocycles. The van der Waals surface area contributed by atoms with E-state index in [1.54, 1.807) is 0 Å². The van der Waals surface area contributed by atoms with Gasteiger partial charge in [-0.3, -0.25) is 9.59 Å². The molecule has 2 heterocycles. The van der Waals surface area contributed by atoms with E-state index < -0.39 is 0 Å². The Bertz CT molecular complexity index is 459. The summed E-state index contributed by atoms with van der Waals surface area (Å²) in [6, 6.07) is 0. The molecule has 2 saturated heterocycles. The molecule has 0 atom stereocenters. The minimum atomic E-state index is 0.136. The lowest BCUT2D eigenvalue weighted by Gasteiger charge is -2.34. The average Bonchev–Trinajstić information content (AvgIpc) is 2.72. The van der Waals surface area contributed by atoms with Crippen LogP contribution in [0.2, 0.25) is 0 Å². The van der Waals surface area contributed by atoms with Crippen molar-refractivity contribution in [2.24, 2.45) is 17.8 Å². The highest BCUT2D eigenvalue weighted by molar-refractivity contribution is 5.78. The molecule has 0 aromatic carbocycles. The summed E-state index contributed by atoms with van der Waals surface area (Å²) in [5, 5.41) is 6.19. The van der Waals surface area contributed by atoms with E-state index in [1.807, 2.05) is 4.90 Å². The van der Waals surface area contributed by atoms with Crippen molar-refractivity contribution < 1.29 is 19.1 Å². The maximum absolute atomic E-state index is 12.2. The van der Waals surface area contributed by atoms with Crippen molar-refractivity contribution in [1.29, 1.82) is 0 Å². The van der Waals surface area contributed by atoms with Crippen molar-refractivity contribution in [2.45, 2.75) is 46.0 Å². The predicted octanol–water partition coefficient (Wildman–Crippen LogP) is 1.42. The Labute approximate surface area is 169 Å². The van der Waals surface area contributed by atoms with Gasteiger partial charge in [0.1, 0.15) is 0 Å². The summed E-state index contributed by atoms with van der Waals surface area (Å²) >= 11 is 0. The highest BCUT2D eigenvalue weighted by Gasteiger charge is 2.24. The first-order chi connectivity index (χ1) is 13.6. The number of hydrogen-bond donors (Lipinski definition) is 2. The lowest BCUT2D eigenvalue weighted by molar-refractivity contribution is -0.134. The van der Waals surface area contributed by atoms with Gasteiger partial charge in [0.25, 0.3) is 0 Å². The van der Waals surface area contributed by atoms with Gasteiger partial charge in [-0.25, -0.2) is 0 Å². The van der Waals surface area contributed by atoms with Gasteiger partial charge in [-0.15, -0.1) is 0 Å². The molecule has 28 heavy (non-hydrogen) atoms. The fraction of sp³-hybridized carbons (Fsp3) is 0.905. The first kappa shape index (κ1) is 23.1. The number of likely N-dealkylation sites (tertiary alicyclic amines) is 1. The van der Waals surface area contributed by atoms with E-state index in [0.29, 0.717) is 45.3 Å².